The van der Waals surface area contributed by atoms with Crippen molar-refractivity contribution in [2.24, 2.45) is 0 Å². The Balaban J connectivity index is 1.81. The molecule has 0 saturated carbocycles. The van der Waals surface area contributed by atoms with Gasteiger partial charge in [-0.05, 0) is 37.3 Å². The second-order valence-electron chi connectivity index (χ2n) is 5.79. The maximum absolute atomic E-state index is 12.5. The first-order valence-corrected chi connectivity index (χ1v) is 8.36. The number of hydrogen-bond donors (Lipinski definition) is 3. The number of fused-ring (bicyclic) bond motifs is 1. The number of benzene rings is 3. The van der Waals surface area contributed by atoms with Crippen LogP contribution in [0.4, 0.5) is 11.4 Å². The van der Waals surface area contributed by atoms with E-state index in [-0.39, 0.29) is 27.7 Å². The van der Waals surface area contributed by atoms with Crippen LogP contribution in [0.3, 0.4) is 0 Å². The Bertz CT molecular complexity index is 1080. The number of nitro benzene ring substituents is 1. The molecule has 7 nitrogen and oxygen atoms in total. The molecule has 136 valence electrons. The molecule has 0 unspecified atom stereocenters. The first-order valence-electron chi connectivity index (χ1n) is 7.95. The van der Waals surface area contributed by atoms with Crippen LogP contribution in [-0.4, -0.2) is 21.0 Å². The first kappa shape index (κ1) is 18.3. The molecule has 0 radical (unpaired) electrons. The van der Waals surface area contributed by atoms with Crippen molar-refractivity contribution in [2.75, 3.05) is 5.32 Å². The Labute approximate surface area is 159 Å². The van der Waals surface area contributed by atoms with Gasteiger partial charge in [0.2, 0.25) is 0 Å². The number of amides is 1. The highest BCUT2D eigenvalue weighted by Crippen LogP contribution is 2.29. The number of nitrogens with one attached hydrogen (secondary N) is 2. The van der Waals surface area contributed by atoms with Crippen LogP contribution in [0.25, 0.3) is 10.8 Å². The van der Waals surface area contributed by atoms with Crippen LogP contribution in [0.2, 0.25) is 0 Å². The van der Waals surface area contributed by atoms with E-state index in [4.69, 9.17) is 12.2 Å². The minimum atomic E-state index is -0.545. The Morgan fingerprint density at radius 1 is 1.07 bits per heavy atom. The predicted molar refractivity (Wildman–Crippen MR) is 107 cm³/mol. The van der Waals surface area contributed by atoms with Crippen LogP contribution >= 0.6 is 12.2 Å². The predicted octanol–water partition coefficient (Wildman–Crippen LogP) is 3.89. The van der Waals surface area contributed by atoms with E-state index >= 15 is 0 Å². The molecule has 0 atom stereocenters. The van der Waals surface area contributed by atoms with Crippen molar-refractivity contribution >= 4 is 45.4 Å². The van der Waals surface area contributed by atoms with Crippen LogP contribution in [0.5, 0.6) is 5.75 Å². The van der Waals surface area contributed by atoms with E-state index in [9.17, 15) is 20.0 Å². The zero-order chi connectivity index (χ0) is 19.6. The minimum Gasteiger partial charge on any atom is -0.507 e. The smallest absolute Gasteiger partial charge is 0.273 e. The van der Waals surface area contributed by atoms with Crippen molar-refractivity contribution in [3.8, 4) is 5.75 Å². The summed E-state index contributed by atoms with van der Waals surface area (Å²) in [5, 5.41) is 27.8. The molecule has 0 aliphatic rings. The van der Waals surface area contributed by atoms with Crippen molar-refractivity contribution in [3.63, 3.8) is 0 Å². The summed E-state index contributed by atoms with van der Waals surface area (Å²) in [5.74, 6) is -0.407. The maximum atomic E-state index is 12.5. The maximum Gasteiger partial charge on any atom is 0.273 e. The van der Waals surface area contributed by atoms with Crippen LogP contribution in [-0.2, 0) is 0 Å². The summed E-state index contributed by atoms with van der Waals surface area (Å²) in [6.45, 7) is 1.51. The lowest BCUT2D eigenvalue weighted by atomic mass is 10.1. The van der Waals surface area contributed by atoms with E-state index in [1.165, 1.54) is 25.1 Å². The molecule has 0 aromatic heterocycles. The molecule has 3 N–H and O–H groups in total. The fraction of sp³-hybridized carbons (Fsp3) is 0.0526. The normalized spacial score (nSPS) is 10.4. The molecule has 0 fully saturated rings. The Kier molecular flexibility index (Phi) is 5.00. The van der Waals surface area contributed by atoms with Gasteiger partial charge in [0.25, 0.3) is 11.6 Å². The molecule has 27 heavy (non-hydrogen) atoms. The second-order valence-corrected chi connectivity index (χ2v) is 6.20. The van der Waals surface area contributed by atoms with Crippen LogP contribution in [0, 0.1) is 17.0 Å². The molecular weight excluding hydrogens is 366 g/mol. The molecule has 0 spiro atoms. The number of anilines is 1. The number of carbonyl (C=O) groups is 1. The summed E-state index contributed by atoms with van der Waals surface area (Å²) >= 11 is 5.20. The number of thiocarbonyl (C=S) groups is 1. The third-order valence-electron chi connectivity index (χ3n) is 4.12. The van der Waals surface area contributed by atoms with Gasteiger partial charge in [-0.2, -0.15) is 0 Å². The molecule has 1 amide bonds. The second kappa shape index (κ2) is 7.38. The summed E-state index contributed by atoms with van der Waals surface area (Å²) in [4.78, 5) is 22.9. The number of carbonyl (C=O) groups excluding carboxylic acids is 1. The summed E-state index contributed by atoms with van der Waals surface area (Å²) in [5.41, 5.74) is 0.914. The zero-order valence-electron chi connectivity index (χ0n) is 14.2. The summed E-state index contributed by atoms with van der Waals surface area (Å²) in [7, 11) is 0. The Hall–Kier alpha value is -3.52. The number of nitro groups is 1. The number of aromatic hydroxyl groups is 1. The van der Waals surface area contributed by atoms with E-state index in [0.717, 1.165) is 5.39 Å². The van der Waals surface area contributed by atoms with E-state index < -0.39 is 10.8 Å². The molecule has 0 aliphatic carbocycles. The molecule has 3 aromatic rings. The van der Waals surface area contributed by atoms with E-state index in [1.807, 2.05) is 6.07 Å². The quantitative estimate of drug-likeness (QED) is 0.361. The topological polar surface area (TPSA) is 104 Å². The number of phenolic OH excluding ortho intramolecular Hbond substituents is 1. The minimum absolute atomic E-state index is 0.0433. The molecule has 8 heteroatoms. The SMILES string of the molecule is Cc1c(C(=O)NC(=S)Nc2cccc3c(O)cccc23)cccc1[N+](=O)[O-]. The van der Waals surface area contributed by atoms with Gasteiger partial charge in [0, 0.05) is 33.7 Å². The average Bonchev–Trinajstić information content (AvgIpc) is 2.62. The van der Waals surface area contributed by atoms with Crippen molar-refractivity contribution in [1.82, 2.24) is 5.32 Å². The van der Waals surface area contributed by atoms with Crippen molar-refractivity contribution < 1.29 is 14.8 Å². The third kappa shape index (κ3) is 3.70. The Morgan fingerprint density at radius 2 is 1.74 bits per heavy atom. The van der Waals surface area contributed by atoms with Gasteiger partial charge < -0.3 is 10.4 Å². The monoisotopic (exact) mass is 381 g/mol. The molecular formula is C19H15N3O4S. The lowest BCUT2D eigenvalue weighted by Crippen LogP contribution is -2.34. The fourth-order valence-corrected chi connectivity index (χ4v) is 3.00. The number of nitrogens with zero attached hydrogens (tertiary/aromatic N) is 1. The Morgan fingerprint density at radius 3 is 2.48 bits per heavy atom. The summed E-state index contributed by atoms with van der Waals surface area (Å²) in [6.07, 6.45) is 0. The van der Waals surface area contributed by atoms with Gasteiger partial charge in [0.05, 0.1) is 4.92 Å². The molecule has 0 heterocycles. The molecule has 3 aromatic carbocycles. The van der Waals surface area contributed by atoms with Gasteiger partial charge in [0.1, 0.15) is 5.75 Å². The average molecular weight is 381 g/mol. The van der Waals surface area contributed by atoms with Gasteiger partial charge in [-0.3, -0.25) is 20.2 Å². The van der Waals surface area contributed by atoms with Crippen molar-refractivity contribution in [1.29, 1.82) is 0 Å². The largest absolute Gasteiger partial charge is 0.507 e. The van der Waals surface area contributed by atoms with Crippen LogP contribution in [0.1, 0.15) is 15.9 Å². The number of phenols is 1. The van der Waals surface area contributed by atoms with E-state index in [2.05, 4.69) is 10.6 Å². The number of hydrogen-bond acceptors (Lipinski definition) is 5. The van der Waals surface area contributed by atoms with E-state index in [0.29, 0.717) is 11.1 Å². The van der Waals surface area contributed by atoms with Gasteiger partial charge >= 0.3 is 0 Å². The zero-order valence-corrected chi connectivity index (χ0v) is 15.0. The molecule has 0 aliphatic heterocycles. The van der Waals surface area contributed by atoms with Crippen LogP contribution < -0.4 is 10.6 Å². The highest BCUT2D eigenvalue weighted by molar-refractivity contribution is 7.80. The van der Waals surface area contributed by atoms with Crippen molar-refractivity contribution in [2.45, 2.75) is 6.92 Å². The fourth-order valence-electron chi connectivity index (χ4n) is 2.79. The lowest BCUT2D eigenvalue weighted by molar-refractivity contribution is -0.385. The molecule has 3 rings (SSSR count). The van der Waals surface area contributed by atoms with Gasteiger partial charge in [0.15, 0.2) is 5.11 Å². The van der Waals surface area contributed by atoms with Gasteiger partial charge in [-0.25, -0.2) is 0 Å². The van der Waals surface area contributed by atoms with Gasteiger partial charge in [-0.15, -0.1) is 0 Å². The van der Waals surface area contributed by atoms with Gasteiger partial charge in [-0.1, -0.05) is 30.3 Å². The highest BCUT2D eigenvalue weighted by atomic mass is 32.1. The third-order valence-corrected chi connectivity index (χ3v) is 4.32. The van der Waals surface area contributed by atoms with E-state index in [1.54, 1.807) is 30.3 Å². The molecule has 0 saturated heterocycles. The number of rotatable bonds is 3. The molecule has 0 bridgehead atoms. The summed E-state index contributed by atoms with van der Waals surface area (Å²) < 4.78 is 0. The lowest BCUT2D eigenvalue weighted by Gasteiger charge is -2.13. The summed E-state index contributed by atoms with van der Waals surface area (Å²) in [6, 6.07) is 14.7. The van der Waals surface area contributed by atoms with Crippen LogP contribution in [0.15, 0.2) is 54.6 Å². The first-order chi connectivity index (χ1) is 12.9. The highest BCUT2D eigenvalue weighted by Gasteiger charge is 2.18. The van der Waals surface area contributed by atoms with Crippen molar-refractivity contribution in [3.05, 3.63) is 75.8 Å². The standard InChI is InChI=1S/C19H15N3O4S/c1-11-12(5-3-9-16(11)22(25)26)18(24)21-19(27)20-15-8-2-7-14-13(15)6-4-10-17(14)23/h2-10,23H,1H3,(H2,20,21,24,27).